The maximum atomic E-state index is 12.2. The van der Waals surface area contributed by atoms with Gasteiger partial charge in [-0.2, -0.15) is 0 Å². The maximum Gasteiger partial charge on any atom is 0.309 e. The highest BCUT2D eigenvalue weighted by Gasteiger charge is 2.41. The Labute approximate surface area is 315 Å². The van der Waals surface area contributed by atoms with E-state index in [0.717, 1.165) is 13.0 Å². The highest BCUT2D eigenvalue weighted by molar-refractivity contribution is 5.72. The van der Waals surface area contributed by atoms with Crippen LogP contribution in [-0.2, 0) is 28.5 Å². The molecule has 4 saturated heterocycles. The molecule has 0 amide bonds. The number of methoxy groups -OCH3 is 1. The topological polar surface area (TPSA) is 200 Å². The van der Waals surface area contributed by atoms with Crippen molar-refractivity contribution in [2.24, 2.45) is 11.8 Å². The molecule has 4 rings (SSSR count). The number of nitrogens with one attached hydrogen (secondary N) is 1. The summed E-state index contributed by atoms with van der Waals surface area (Å²) in [5, 5.41) is 61.6. The van der Waals surface area contributed by atoms with E-state index in [1.54, 1.807) is 6.92 Å². The number of cyclic esters (lactones) is 1. The number of nitrogens with zero attached hydrogens (tertiary/aromatic N) is 1. The Bertz CT molecular complexity index is 900. The quantitative estimate of drug-likeness (QED) is 0.203. The van der Waals surface area contributed by atoms with Gasteiger partial charge in [-0.3, -0.25) is 4.79 Å². The molecule has 4 heterocycles. The Morgan fingerprint density at radius 3 is 1.94 bits per heavy atom. The fraction of sp³-hybridized carbons (Fsp3) is 0.974. The van der Waals surface area contributed by atoms with E-state index in [4.69, 9.17) is 33.9 Å². The van der Waals surface area contributed by atoms with Crippen molar-refractivity contribution in [2.45, 2.75) is 194 Å². The van der Waals surface area contributed by atoms with Crippen molar-refractivity contribution in [1.82, 2.24) is 10.2 Å². The molecule has 4 aliphatic heterocycles. The number of carbonyl (C=O) groups excluding carboxylic acids is 1. The molecule has 14 heteroatoms. The lowest BCUT2D eigenvalue weighted by Gasteiger charge is -2.39. The molecule has 0 saturated carbocycles. The summed E-state index contributed by atoms with van der Waals surface area (Å²) in [6, 6.07) is -0.0914. The molecule has 2 bridgehead atoms. The fourth-order valence-corrected chi connectivity index (χ4v) is 6.48. The van der Waals surface area contributed by atoms with Crippen LogP contribution in [0.2, 0.25) is 0 Å². The lowest BCUT2D eigenvalue weighted by atomic mass is 9.85. The largest absolute Gasteiger partial charge is 0.460 e. The van der Waals surface area contributed by atoms with Gasteiger partial charge in [0.15, 0.2) is 12.6 Å². The van der Waals surface area contributed by atoms with E-state index in [0.29, 0.717) is 31.6 Å². The minimum absolute atomic E-state index is 0.01000. The second-order valence-corrected chi connectivity index (χ2v) is 14.2. The van der Waals surface area contributed by atoms with E-state index >= 15 is 0 Å². The standard InChI is InChI=1S/C18H33NO5.C8H17NO3.C6H12O4.3C2H6/c1-10-7-18(5,22)8-14-6-11(2)17(21)23-13(4)15(20)16(24-14)12(3)19-9-10;1-5-4-6(9(2)3)7(10)8(11)12-5;1-9-5-2-6(8)10-3-4(5)7;3*1-2/h10-16,19-20,22H,6-9H2,1-5H3;5-8,10-11H,4H2,1-3H3;4-8H,2-3H2,1H3;3*1-2H3/t10-,11?,12?,13-,14+,15?,16?,18-;5?,6?,7-,8?;;;;/m11..../s1. The lowest BCUT2D eigenvalue weighted by Crippen LogP contribution is -2.53. The van der Waals surface area contributed by atoms with E-state index in [9.17, 15) is 25.2 Å². The van der Waals surface area contributed by atoms with Gasteiger partial charge in [-0.05, 0) is 73.5 Å². The summed E-state index contributed by atoms with van der Waals surface area (Å²) in [6.07, 6.45) is -3.16. The average Bonchev–Trinajstić information content (AvgIpc) is 3.13. The van der Waals surface area contributed by atoms with Gasteiger partial charge in [-0.15, -0.1) is 0 Å². The third-order valence-electron chi connectivity index (χ3n) is 9.14. The maximum absolute atomic E-state index is 12.2. The average molecular weight is 757 g/mol. The van der Waals surface area contributed by atoms with Gasteiger partial charge in [0.1, 0.15) is 30.5 Å². The SMILES string of the molecule is CC.CC.CC.CC1CC(N(C)C)[C@@H](O)C(O)O1.CC1C[C@H]2C[C@](C)(O)C[C@@H](C)CNC(C)C(O2)C(O)[C@@H](C)OC1=O.COC1CC(O)OCC1O. The molecule has 4 aliphatic rings. The number of likely N-dealkylation sites (N-methyl/N-ethyl adjacent to an activating group) is 1. The van der Waals surface area contributed by atoms with Crippen molar-refractivity contribution in [3.8, 4) is 0 Å². The van der Waals surface area contributed by atoms with Crippen LogP contribution < -0.4 is 5.32 Å². The molecule has 0 aromatic heterocycles. The van der Waals surface area contributed by atoms with E-state index in [-0.39, 0.29) is 48.9 Å². The number of fused-ring (bicyclic) bond motifs is 2. The molecule has 314 valence electrons. The van der Waals surface area contributed by atoms with Crippen LogP contribution >= 0.6 is 0 Å². The molecule has 0 spiro atoms. The van der Waals surface area contributed by atoms with Gasteiger partial charge in [0, 0.05) is 32.0 Å². The summed E-state index contributed by atoms with van der Waals surface area (Å²) in [5.41, 5.74) is -0.870. The van der Waals surface area contributed by atoms with Gasteiger partial charge >= 0.3 is 5.97 Å². The molecule has 0 aromatic carbocycles. The zero-order chi connectivity index (χ0) is 40.9. The predicted molar refractivity (Wildman–Crippen MR) is 203 cm³/mol. The number of rotatable bonds is 2. The Morgan fingerprint density at radius 2 is 1.42 bits per heavy atom. The number of ether oxygens (including phenoxy) is 5. The molecule has 15 atom stereocenters. The Morgan fingerprint density at radius 1 is 0.846 bits per heavy atom. The summed E-state index contributed by atoms with van der Waals surface area (Å²) in [5.74, 6) is -0.348. The van der Waals surface area contributed by atoms with Crippen LogP contribution in [0.4, 0.5) is 0 Å². The molecule has 7 N–H and O–H groups in total. The third-order valence-corrected chi connectivity index (χ3v) is 9.14. The van der Waals surface area contributed by atoms with Crippen LogP contribution in [0.1, 0.15) is 115 Å². The van der Waals surface area contributed by atoms with E-state index in [2.05, 4.69) is 12.2 Å². The second kappa shape index (κ2) is 27.6. The Kier molecular flexibility index (Phi) is 28.1. The first-order chi connectivity index (χ1) is 24.3. The molecule has 0 radical (unpaired) electrons. The highest BCUT2D eigenvalue weighted by Crippen LogP contribution is 2.31. The summed E-state index contributed by atoms with van der Waals surface area (Å²) < 4.78 is 26.3. The second-order valence-electron chi connectivity index (χ2n) is 14.2. The summed E-state index contributed by atoms with van der Waals surface area (Å²) in [6.45, 7) is 24.2. The molecular weight excluding hydrogens is 676 g/mol. The van der Waals surface area contributed by atoms with Crippen LogP contribution in [0, 0.1) is 11.8 Å². The molecule has 52 heavy (non-hydrogen) atoms. The van der Waals surface area contributed by atoms with Crippen molar-refractivity contribution in [2.75, 3.05) is 34.4 Å². The Balaban J connectivity index is 0. The number of esters is 1. The minimum Gasteiger partial charge on any atom is -0.460 e. The smallest absolute Gasteiger partial charge is 0.309 e. The van der Waals surface area contributed by atoms with Crippen LogP contribution in [0.25, 0.3) is 0 Å². The monoisotopic (exact) mass is 757 g/mol. The van der Waals surface area contributed by atoms with Crippen molar-refractivity contribution in [3.63, 3.8) is 0 Å². The zero-order valence-electron chi connectivity index (χ0n) is 35.1. The summed E-state index contributed by atoms with van der Waals surface area (Å²) in [7, 11) is 5.28. The normalized spacial score (nSPS) is 40.8. The summed E-state index contributed by atoms with van der Waals surface area (Å²) in [4.78, 5) is 14.1. The number of hydrogen-bond acceptors (Lipinski definition) is 14. The van der Waals surface area contributed by atoms with Gasteiger partial charge < -0.3 is 64.5 Å². The van der Waals surface area contributed by atoms with Gasteiger partial charge in [0.05, 0.1) is 36.4 Å². The number of hydrogen-bond donors (Lipinski definition) is 7. The summed E-state index contributed by atoms with van der Waals surface area (Å²) >= 11 is 0. The van der Waals surface area contributed by atoms with Crippen LogP contribution in [0.3, 0.4) is 0 Å². The zero-order valence-corrected chi connectivity index (χ0v) is 35.1. The van der Waals surface area contributed by atoms with Gasteiger partial charge in [-0.25, -0.2) is 0 Å². The van der Waals surface area contributed by atoms with Gasteiger partial charge in [0.2, 0.25) is 0 Å². The molecule has 10 unspecified atom stereocenters. The highest BCUT2D eigenvalue weighted by atomic mass is 16.6. The molecule has 14 nitrogen and oxygen atoms in total. The molecule has 0 aromatic rings. The first kappa shape index (κ1) is 53.1. The van der Waals surface area contributed by atoms with Crippen LogP contribution in [0.15, 0.2) is 0 Å². The van der Waals surface area contributed by atoms with E-state index in [1.807, 2.05) is 88.2 Å². The van der Waals surface area contributed by atoms with E-state index < -0.39 is 48.7 Å². The predicted octanol–water partition coefficient (Wildman–Crippen LogP) is 2.82. The molecule has 4 fully saturated rings. The Hall–Kier alpha value is -1.01. The van der Waals surface area contributed by atoms with Crippen molar-refractivity contribution in [3.05, 3.63) is 0 Å². The molecular formula is C38H80N2O12. The first-order valence-corrected chi connectivity index (χ1v) is 19.5. The van der Waals surface area contributed by atoms with Gasteiger partial charge in [-0.1, -0.05) is 55.4 Å². The van der Waals surface area contributed by atoms with E-state index in [1.165, 1.54) is 7.11 Å². The van der Waals surface area contributed by atoms with Crippen LogP contribution in [-0.4, -0.2) is 155 Å². The van der Waals surface area contributed by atoms with Crippen molar-refractivity contribution < 1.29 is 59.1 Å². The molecule has 0 aliphatic carbocycles. The number of aliphatic hydroxyl groups excluding tert-OH is 5. The third kappa shape index (κ3) is 19.0. The van der Waals surface area contributed by atoms with Gasteiger partial charge in [0.25, 0.3) is 0 Å². The fourth-order valence-electron chi connectivity index (χ4n) is 6.48. The first-order valence-electron chi connectivity index (χ1n) is 19.5. The van der Waals surface area contributed by atoms with Crippen molar-refractivity contribution >= 4 is 5.97 Å². The minimum atomic E-state index is -1.04. The number of carbonyl (C=O) groups is 1. The number of aliphatic hydroxyl groups is 6. The lowest BCUT2D eigenvalue weighted by molar-refractivity contribution is -0.230. The van der Waals surface area contributed by atoms with Crippen LogP contribution in [0.5, 0.6) is 0 Å². The van der Waals surface area contributed by atoms with Crippen molar-refractivity contribution in [1.29, 1.82) is 0 Å².